The molecule has 1 aliphatic heterocycles. The quantitative estimate of drug-likeness (QED) is 0.446. The monoisotopic (exact) mass is 509 g/mol. The van der Waals surface area contributed by atoms with Gasteiger partial charge in [0.25, 0.3) is 5.91 Å². The molecule has 0 spiro atoms. The molecule has 2 unspecified atom stereocenters. The van der Waals surface area contributed by atoms with Gasteiger partial charge in [-0.25, -0.2) is 0 Å². The summed E-state index contributed by atoms with van der Waals surface area (Å²) in [6, 6.07) is 16.8. The number of benzene rings is 2. The summed E-state index contributed by atoms with van der Waals surface area (Å²) in [7, 11) is 1.72. The molecule has 2 heterocycles. The van der Waals surface area contributed by atoms with Gasteiger partial charge in [-0.2, -0.15) is 0 Å². The Kier molecular flexibility index (Phi) is 6.74. The number of H-pyrrole nitrogens is 1. The summed E-state index contributed by atoms with van der Waals surface area (Å²) >= 11 is 3.49. The van der Waals surface area contributed by atoms with E-state index in [1.165, 1.54) is 24.8 Å². The fraction of sp³-hybridized carbons (Fsp3) is 0.444. The second kappa shape index (κ2) is 9.90. The first-order valence-electron chi connectivity index (χ1n) is 12.0. The van der Waals surface area contributed by atoms with Crippen LogP contribution in [0.2, 0.25) is 0 Å². The van der Waals surface area contributed by atoms with Gasteiger partial charge >= 0.3 is 0 Å². The third kappa shape index (κ3) is 5.28. The number of piperidine rings is 1. The summed E-state index contributed by atoms with van der Waals surface area (Å²) in [5.74, 6) is 2.26. The molecule has 2 atom stereocenters. The summed E-state index contributed by atoms with van der Waals surface area (Å²) in [5.41, 5.74) is 3.07. The number of halogens is 1. The third-order valence-corrected chi connectivity index (χ3v) is 7.89. The highest BCUT2D eigenvalue weighted by Gasteiger charge is 2.29. The van der Waals surface area contributed by atoms with Gasteiger partial charge in [-0.3, -0.25) is 4.79 Å². The number of aromatic amines is 1. The molecule has 1 saturated heterocycles. The maximum Gasteiger partial charge on any atom is 0.267 e. The van der Waals surface area contributed by atoms with Gasteiger partial charge < -0.3 is 19.9 Å². The van der Waals surface area contributed by atoms with Crippen LogP contribution in [0.4, 0.5) is 0 Å². The number of hydrogen-bond acceptors (Lipinski definition) is 3. The highest BCUT2D eigenvalue weighted by Crippen LogP contribution is 2.32. The van der Waals surface area contributed by atoms with Crippen molar-refractivity contribution >= 4 is 32.7 Å². The Labute approximate surface area is 204 Å². The second-order valence-electron chi connectivity index (χ2n) is 9.61. The minimum Gasteiger partial charge on any atom is -0.497 e. The molecule has 174 valence electrons. The van der Waals surface area contributed by atoms with E-state index < -0.39 is 0 Å². The first-order valence-corrected chi connectivity index (χ1v) is 12.8. The number of nitrogens with zero attached hydrogens (tertiary/aromatic N) is 1. The van der Waals surface area contributed by atoms with Crippen molar-refractivity contribution in [2.75, 3.05) is 26.7 Å². The van der Waals surface area contributed by atoms with Gasteiger partial charge in [0.1, 0.15) is 11.4 Å². The highest BCUT2D eigenvalue weighted by atomic mass is 79.9. The number of fused-ring (bicyclic) bond motifs is 1. The average molecular weight is 510 g/mol. The van der Waals surface area contributed by atoms with E-state index in [0.29, 0.717) is 17.5 Å². The van der Waals surface area contributed by atoms with Crippen molar-refractivity contribution in [3.05, 3.63) is 64.3 Å². The molecule has 1 aromatic heterocycles. The second-order valence-corrected chi connectivity index (χ2v) is 10.5. The normalized spacial score (nSPS) is 22.0. The Balaban J connectivity index is 1.08. The molecule has 33 heavy (non-hydrogen) atoms. The summed E-state index contributed by atoms with van der Waals surface area (Å²) in [6.45, 7) is 3.48. The number of likely N-dealkylation sites (tertiary alicyclic amines) is 1. The van der Waals surface area contributed by atoms with Gasteiger partial charge in [0, 0.05) is 28.0 Å². The van der Waals surface area contributed by atoms with E-state index in [9.17, 15) is 4.79 Å². The Morgan fingerprint density at radius 2 is 1.88 bits per heavy atom. The van der Waals surface area contributed by atoms with Crippen molar-refractivity contribution in [2.24, 2.45) is 5.92 Å². The van der Waals surface area contributed by atoms with Gasteiger partial charge in [0.15, 0.2) is 0 Å². The number of nitrogens with one attached hydrogen (secondary N) is 2. The summed E-state index contributed by atoms with van der Waals surface area (Å²) < 4.78 is 6.31. The van der Waals surface area contributed by atoms with Crippen molar-refractivity contribution in [3.63, 3.8) is 0 Å². The Morgan fingerprint density at radius 1 is 1.09 bits per heavy atom. The lowest BCUT2D eigenvalue weighted by Gasteiger charge is -2.33. The molecule has 2 N–H and O–H groups in total. The number of aromatic nitrogens is 1. The van der Waals surface area contributed by atoms with Crippen LogP contribution >= 0.6 is 15.9 Å². The van der Waals surface area contributed by atoms with E-state index in [2.05, 4.69) is 55.4 Å². The van der Waals surface area contributed by atoms with Crippen molar-refractivity contribution < 1.29 is 9.53 Å². The molecule has 2 fully saturated rings. The molecule has 1 aliphatic carbocycles. The maximum absolute atomic E-state index is 12.8. The highest BCUT2D eigenvalue weighted by molar-refractivity contribution is 9.10. The van der Waals surface area contributed by atoms with Crippen LogP contribution in [-0.4, -0.2) is 48.6 Å². The third-order valence-electron chi connectivity index (χ3n) is 7.40. The van der Waals surface area contributed by atoms with Crippen molar-refractivity contribution in [3.8, 4) is 5.75 Å². The molecular weight excluding hydrogens is 478 g/mol. The van der Waals surface area contributed by atoms with E-state index in [0.717, 1.165) is 53.6 Å². The molecule has 3 aromatic rings. The van der Waals surface area contributed by atoms with Crippen LogP contribution in [0.25, 0.3) is 10.9 Å². The number of carbonyl (C=O) groups excluding carboxylic acids is 1. The van der Waals surface area contributed by atoms with E-state index in [4.69, 9.17) is 4.74 Å². The molecule has 5 rings (SSSR count). The van der Waals surface area contributed by atoms with Crippen LogP contribution < -0.4 is 10.1 Å². The topological polar surface area (TPSA) is 57.4 Å². The fourth-order valence-corrected chi connectivity index (χ4v) is 5.93. The first kappa shape index (κ1) is 22.5. The minimum atomic E-state index is 0.00767. The maximum atomic E-state index is 12.8. The first-order chi connectivity index (χ1) is 16.1. The molecule has 5 nitrogen and oxygen atoms in total. The minimum absolute atomic E-state index is 0.00767. The van der Waals surface area contributed by atoms with E-state index in [1.54, 1.807) is 7.11 Å². The van der Waals surface area contributed by atoms with E-state index in [-0.39, 0.29) is 11.9 Å². The lowest BCUT2D eigenvalue weighted by Crippen LogP contribution is -2.37. The van der Waals surface area contributed by atoms with E-state index >= 15 is 0 Å². The molecule has 1 amide bonds. The number of carbonyl (C=O) groups is 1. The Hall–Kier alpha value is -2.31. The number of rotatable bonds is 6. The van der Waals surface area contributed by atoms with Crippen molar-refractivity contribution in [1.29, 1.82) is 0 Å². The van der Waals surface area contributed by atoms with Gasteiger partial charge in [0.2, 0.25) is 0 Å². The van der Waals surface area contributed by atoms with Crippen molar-refractivity contribution in [1.82, 2.24) is 15.2 Å². The Morgan fingerprint density at radius 3 is 2.64 bits per heavy atom. The number of amides is 1. The fourth-order valence-electron chi connectivity index (χ4n) is 5.55. The standard InChI is InChI=1S/C27H32BrN3O2/c1-33-24-7-3-19(4-8-24)20-10-12-31(13-11-20)17-18-2-6-23(14-18)29-27(32)26-16-21-15-22(28)5-9-25(21)30-26/h3-5,7-9,15-16,18,20,23,30H,2,6,10-14,17H2,1H3,(H,29,32). The molecule has 0 bridgehead atoms. The largest absolute Gasteiger partial charge is 0.497 e. The average Bonchev–Trinajstić information content (AvgIpc) is 3.46. The van der Waals surface area contributed by atoms with Gasteiger partial charge in [-0.1, -0.05) is 28.1 Å². The summed E-state index contributed by atoms with van der Waals surface area (Å²) in [5, 5.41) is 4.32. The smallest absolute Gasteiger partial charge is 0.267 e. The predicted molar refractivity (Wildman–Crippen MR) is 136 cm³/mol. The molecule has 6 heteroatoms. The predicted octanol–water partition coefficient (Wildman–Crippen LogP) is 5.72. The van der Waals surface area contributed by atoms with Crippen LogP contribution in [0.3, 0.4) is 0 Å². The van der Waals surface area contributed by atoms with Gasteiger partial charge in [-0.05, 0) is 99.0 Å². The number of ether oxygens (including phenoxy) is 1. The molecule has 0 radical (unpaired) electrons. The number of methoxy groups -OCH3 is 1. The molecule has 2 aliphatic rings. The Bertz CT molecular complexity index is 1100. The van der Waals surface area contributed by atoms with Crippen LogP contribution in [-0.2, 0) is 0 Å². The van der Waals surface area contributed by atoms with Gasteiger partial charge in [0.05, 0.1) is 7.11 Å². The summed E-state index contributed by atoms with van der Waals surface area (Å²) in [6.07, 6.45) is 5.79. The zero-order valence-electron chi connectivity index (χ0n) is 19.1. The van der Waals surface area contributed by atoms with Crippen LogP contribution in [0.15, 0.2) is 53.0 Å². The van der Waals surface area contributed by atoms with Crippen LogP contribution in [0, 0.1) is 5.92 Å². The van der Waals surface area contributed by atoms with E-state index in [1.807, 2.05) is 24.3 Å². The van der Waals surface area contributed by atoms with Crippen LogP contribution in [0.1, 0.15) is 54.1 Å². The summed E-state index contributed by atoms with van der Waals surface area (Å²) in [4.78, 5) is 18.7. The SMILES string of the molecule is COc1ccc(C2CCN(CC3CCC(NC(=O)c4cc5cc(Br)ccc5[nH]4)C3)CC2)cc1. The zero-order chi connectivity index (χ0) is 22.8. The zero-order valence-corrected chi connectivity index (χ0v) is 20.7. The lowest BCUT2D eigenvalue weighted by atomic mass is 9.89. The molecule has 2 aromatic carbocycles. The lowest BCUT2D eigenvalue weighted by molar-refractivity contribution is 0.0932. The molecular formula is C27H32BrN3O2. The van der Waals surface area contributed by atoms with Crippen molar-refractivity contribution in [2.45, 2.75) is 44.1 Å². The van der Waals surface area contributed by atoms with Gasteiger partial charge in [-0.15, -0.1) is 0 Å². The molecule has 1 saturated carbocycles. The number of hydrogen-bond donors (Lipinski definition) is 2. The van der Waals surface area contributed by atoms with Crippen LogP contribution in [0.5, 0.6) is 5.75 Å².